The van der Waals surface area contributed by atoms with E-state index in [9.17, 15) is 25.2 Å². The number of nitrogens with one attached hydrogen (secondary N) is 1. The molecule has 11 nitrogen and oxygen atoms in total. The number of nitrogens with zero attached hydrogens (tertiary/aromatic N) is 3. The van der Waals surface area contributed by atoms with Crippen LogP contribution in [0, 0.1) is 0 Å². The molecule has 154 valence electrons. The Morgan fingerprint density at radius 1 is 1.33 bits per heavy atom. The van der Waals surface area contributed by atoms with Gasteiger partial charge < -0.3 is 36.2 Å². The van der Waals surface area contributed by atoms with Crippen LogP contribution in [0.5, 0.6) is 0 Å². The molecular weight excluding hydrogens is 358 g/mol. The molecule has 1 aliphatic heterocycles. The summed E-state index contributed by atoms with van der Waals surface area (Å²) in [5.41, 5.74) is 5.89. The first-order valence-electron chi connectivity index (χ1n) is 9.13. The minimum atomic E-state index is -1.50. The summed E-state index contributed by atoms with van der Waals surface area (Å²) in [5, 5.41) is 49.9. The van der Waals surface area contributed by atoms with E-state index < -0.39 is 49.2 Å². The third kappa shape index (κ3) is 5.43. The van der Waals surface area contributed by atoms with Crippen molar-refractivity contribution >= 4 is 5.91 Å². The van der Waals surface area contributed by atoms with E-state index in [4.69, 9.17) is 10.5 Å². The summed E-state index contributed by atoms with van der Waals surface area (Å²) in [6.45, 7) is 1.78. The van der Waals surface area contributed by atoms with E-state index in [1.165, 1.54) is 10.9 Å². The number of carbonyl (C=O) groups excluding carboxylic acids is 1. The molecule has 2 rings (SSSR count). The minimum absolute atomic E-state index is 0.233. The van der Waals surface area contributed by atoms with Crippen LogP contribution in [-0.4, -0.2) is 78.4 Å². The number of rotatable bonds is 10. The quantitative estimate of drug-likeness (QED) is 0.243. The molecule has 0 saturated carbocycles. The molecule has 2 unspecified atom stereocenters. The molecule has 6 atom stereocenters. The molecule has 0 aliphatic carbocycles. The van der Waals surface area contributed by atoms with Gasteiger partial charge in [-0.1, -0.05) is 31.4 Å². The van der Waals surface area contributed by atoms with Crippen LogP contribution in [0.2, 0.25) is 0 Å². The Labute approximate surface area is 157 Å². The second-order valence-corrected chi connectivity index (χ2v) is 6.74. The summed E-state index contributed by atoms with van der Waals surface area (Å²) in [6.07, 6.45) is -1.47. The highest BCUT2D eigenvalue weighted by molar-refractivity contribution is 5.79. The Kier molecular flexibility index (Phi) is 8.07. The third-order valence-corrected chi connectivity index (χ3v) is 4.65. The van der Waals surface area contributed by atoms with E-state index in [0.29, 0.717) is 12.1 Å². The monoisotopic (exact) mass is 387 g/mol. The predicted molar refractivity (Wildman–Crippen MR) is 93.0 cm³/mol. The fourth-order valence-electron chi connectivity index (χ4n) is 2.99. The van der Waals surface area contributed by atoms with E-state index in [2.05, 4.69) is 22.6 Å². The summed E-state index contributed by atoms with van der Waals surface area (Å²) in [7, 11) is 0. The van der Waals surface area contributed by atoms with Crippen LogP contribution < -0.4 is 11.1 Å². The van der Waals surface area contributed by atoms with Crippen LogP contribution in [0.3, 0.4) is 0 Å². The number of primary amides is 1. The molecule has 1 aromatic rings. The lowest BCUT2D eigenvalue weighted by Gasteiger charge is -2.39. The molecule has 1 fully saturated rings. The molecule has 7 N–H and O–H groups in total. The first kappa shape index (κ1) is 21.7. The number of aliphatic hydroxyl groups is 4. The topological polar surface area (TPSA) is 176 Å². The molecule has 27 heavy (non-hydrogen) atoms. The molecule has 2 heterocycles. The van der Waals surface area contributed by atoms with Crippen LogP contribution >= 0.6 is 0 Å². The highest BCUT2D eigenvalue weighted by atomic mass is 16.6. The molecular formula is C16H29N5O6. The van der Waals surface area contributed by atoms with E-state index in [1.54, 1.807) is 0 Å². The maximum atomic E-state index is 11.5. The largest absolute Gasteiger partial charge is 0.394 e. The standard InChI is InChI=1S/C16H29N5O6/c1-2-3-4-5-10(15(17)26)18-6-9-7-21(20-19-9)16-14(25)13(24)12(23)11(8-22)27-16/h7,10-14,16,18,22-25H,2-6,8H2,1H3,(H2,17,26)/t10?,11-,12+,13+,14-,16?/m0/s1. The average Bonchev–Trinajstić information content (AvgIpc) is 3.11. The number of nitrogens with two attached hydrogens (primary N) is 1. The molecule has 0 bridgehead atoms. The van der Waals surface area contributed by atoms with Crippen LogP contribution in [0.1, 0.15) is 44.5 Å². The van der Waals surface area contributed by atoms with Crippen molar-refractivity contribution in [3.63, 3.8) is 0 Å². The number of hydrogen-bond acceptors (Lipinski definition) is 9. The van der Waals surface area contributed by atoms with Gasteiger partial charge in [0.15, 0.2) is 6.23 Å². The first-order valence-corrected chi connectivity index (χ1v) is 9.13. The fourth-order valence-corrected chi connectivity index (χ4v) is 2.99. The number of aromatic nitrogens is 3. The zero-order valence-corrected chi connectivity index (χ0v) is 15.3. The maximum absolute atomic E-state index is 11.5. The van der Waals surface area contributed by atoms with Gasteiger partial charge in [-0.25, -0.2) is 4.68 Å². The van der Waals surface area contributed by atoms with Crippen LogP contribution in [0.15, 0.2) is 6.20 Å². The van der Waals surface area contributed by atoms with Gasteiger partial charge in [0.1, 0.15) is 24.4 Å². The van der Waals surface area contributed by atoms with Crippen molar-refractivity contribution in [2.75, 3.05) is 6.61 Å². The number of hydrogen-bond donors (Lipinski definition) is 6. The Bertz CT molecular complexity index is 598. The summed E-state index contributed by atoms with van der Waals surface area (Å²) in [4.78, 5) is 11.5. The van der Waals surface area contributed by atoms with Gasteiger partial charge in [0.25, 0.3) is 0 Å². The van der Waals surface area contributed by atoms with Crippen molar-refractivity contribution in [2.45, 2.75) is 75.8 Å². The Morgan fingerprint density at radius 2 is 2.07 bits per heavy atom. The highest BCUT2D eigenvalue weighted by Crippen LogP contribution is 2.27. The summed E-state index contributed by atoms with van der Waals surface area (Å²) >= 11 is 0. The second-order valence-electron chi connectivity index (χ2n) is 6.74. The van der Waals surface area contributed by atoms with E-state index >= 15 is 0 Å². The van der Waals surface area contributed by atoms with Gasteiger partial charge in [-0.05, 0) is 6.42 Å². The average molecular weight is 387 g/mol. The van der Waals surface area contributed by atoms with E-state index in [1.807, 2.05) is 0 Å². The fraction of sp³-hybridized carbons (Fsp3) is 0.812. The number of amides is 1. The molecule has 1 aliphatic rings. The lowest BCUT2D eigenvalue weighted by Crippen LogP contribution is -2.56. The molecule has 0 aromatic carbocycles. The maximum Gasteiger partial charge on any atom is 0.234 e. The molecule has 1 saturated heterocycles. The van der Waals surface area contributed by atoms with Crippen molar-refractivity contribution in [2.24, 2.45) is 5.73 Å². The van der Waals surface area contributed by atoms with Gasteiger partial charge in [0, 0.05) is 6.54 Å². The van der Waals surface area contributed by atoms with E-state index in [0.717, 1.165) is 19.3 Å². The van der Waals surface area contributed by atoms with Gasteiger partial charge in [0.2, 0.25) is 5.91 Å². The first-order chi connectivity index (χ1) is 12.9. The van der Waals surface area contributed by atoms with Gasteiger partial charge in [-0.2, -0.15) is 0 Å². The molecule has 1 amide bonds. The second kappa shape index (κ2) is 10.1. The number of unbranched alkanes of at least 4 members (excludes halogenated alkanes) is 2. The third-order valence-electron chi connectivity index (χ3n) is 4.65. The molecule has 0 radical (unpaired) electrons. The SMILES string of the molecule is CCCCCC(NCc1cn(C2O[C@@H](CO)[C@@H](O)[C@@H](O)[C@@H]2O)nn1)C(N)=O. The summed E-state index contributed by atoms with van der Waals surface area (Å²) < 4.78 is 6.62. The molecule has 11 heteroatoms. The van der Waals surface area contributed by atoms with Crippen LogP contribution in [0.4, 0.5) is 0 Å². The molecule has 0 spiro atoms. The highest BCUT2D eigenvalue weighted by Gasteiger charge is 2.44. The zero-order valence-electron chi connectivity index (χ0n) is 15.3. The van der Waals surface area contributed by atoms with Crippen molar-refractivity contribution in [3.8, 4) is 0 Å². The summed E-state index contributed by atoms with van der Waals surface area (Å²) in [5.74, 6) is -0.438. The zero-order chi connectivity index (χ0) is 20.0. The minimum Gasteiger partial charge on any atom is -0.394 e. The van der Waals surface area contributed by atoms with Gasteiger partial charge >= 0.3 is 0 Å². The lowest BCUT2D eigenvalue weighted by atomic mass is 9.98. The Hall–Kier alpha value is -1.63. The van der Waals surface area contributed by atoms with Crippen molar-refractivity contribution < 1.29 is 30.0 Å². The summed E-state index contributed by atoms with van der Waals surface area (Å²) in [6, 6.07) is -0.478. The molecule has 1 aromatic heterocycles. The number of ether oxygens (including phenoxy) is 1. The number of carbonyl (C=O) groups is 1. The lowest BCUT2D eigenvalue weighted by molar-refractivity contribution is -0.254. The van der Waals surface area contributed by atoms with Gasteiger partial charge in [0.05, 0.1) is 24.5 Å². The predicted octanol–water partition coefficient (Wildman–Crippen LogP) is -2.23. The van der Waals surface area contributed by atoms with Crippen molar-refractivity contribution in [3.05, 3.63) is 11.9 Å². The van der Waals surface area contributed by atoms with Crippen molar-refractivity contribution in [1.82, 2.24) is 20.3 Å². The van der Waals surface area contributed by atoms with Gasteiger partial charge in [-0.3, -0.25) is 4.79 Å². The van der Waals surface area contributed by atoms with Crippen molar-refractivity contribution in [1.29, 1.82) is 0 Å². The Balaban J connectivity index is 1.98. The van der Waals surface area contributed by atoms with E-state index in [-0.39, 0.29) is 6.54 Å². The van der Waals surface area contributed by atoms with Gasteiger partial charge in [-0.15, -0.1) is 5.10 Å². The normalized spacial score (nSPS) is 29.6. The van der Waals surface area contributed by atoms with Crippen LogP contribution in [-0.2, 0) is 16.1 Å². The van der Waals surface area contributed by atoms with Crippen LogP contribution in [0.25, 0.3) is 0 Å². The smallest absolute Gasteiger partial charge is 0.234 e. The Morgan fingerprint density at radius 3 is 2.70 bits per heavy atom. The number of aliphatic hydroxyl groups excluding tert-OH is 4.